The van der Waals surface area contributed by atoms with Gasteiger partial charge < -0.3 is 19.9 Å². The van der Waals surface area contributed by atoms with Gasteiger partial charge in [0.1, 0.15) is 0 Å². The van der Waals surface area contributed by atoms with Gasteiger partial charge in [-0.1, -0.05) is 6.07 Å². The molecule has 1 amide bonds. The first-order valence-corrected chi connectivity index (χ1v) is 11.1. The molecule has 2 aromatic carbocycles. The van der Waals surface area contributed by atoms with Gasteiger partial charge in [0.2, 0.25) is 6.79 Å². The zero-order valence-electron chi connectivity index (χ0n) is 16.6. The lowest BCUT2D eigenvalue weighted by molar-refractivity contribution is -0.133. The maximum atomic E-state index is 12.9. The SMILES string of the molecule is O=C(O)CSc1c2c(nc3cc(C(=O)Nc4ccc5c(c4)OCO5)ccc13)CCCC2. The molecule has 2 aliphatic rings. The van der Waals surface area contributed by atoms with E-state index in [4.69, 9.17) is 19.6 Å². The minimum absolute atomic E-state index is 0.00208. The molecule has 158 valence electrons. The number of nitrogens with one attached hydrogen (secondary N) is 1. The molecule has 0 unspecified atom stereocenters. The maximum Gasteiger partial charge on any atom is 0.313 e. The van der Waals surface area contributed by atoms with Crippen molar-refractivity contribution in [2.75, 3.05) is 17.9 Å². The van der Waals surface area contributed by atoms with Gasteiger partial charge in [0.15, 0.2) is 11.5 Å². The Morgan fingerprint density at radius 1 is 1.06 bits per heavy atom. The second kappa shape index (κ2) is 8.11. The number of carboxylic acid groups (broad SMARTS) is 1. The van der Waals surface area contributed by atoms with Crippen LogP contribution in [0.2, 0.25) is 0 Å². The molecule has 31 heavy (non-hydrogen) atoms. The molecule has 1 aromatic heterocycles. The van der Waals surface area contributed by atoms with Crippen LogP contribution in [0.3, 0.4) is 0 Å². The van der Waals surface area contributed by atoms with Crippen molar-refractivity contribution < 1.29 is 24.2 Å². The van der Waals surface area contributed by atoms with Crippen molar-refractivity contribution in [2.24, 2.45) is 0 Å². The number of hydrogen-bond acceptors (Lipinski definition) is 6. The van der Waals surface area contributed by atoms with Crippen LogP contribution in [0, 0.1) is 0 Å². The van der Waals surface area contributed by atoms with Crippen LogP contribution in [0.5, 0.6) is 11.5 Å². The van der Waals surface area contributed by atoms with Gasteiger partial charge in [0, 0.05) is 33.3 Å². The predicted octanol–water partition coefficient (Wildman–Crippen LogP) is 4.27. The van der Waals surface area contributed by atoms with Gasteiger partial charge in [-0.2, -0.15) is 0 Å². The van der Waals surface area contributed by atoms with E-state index in [-0.39, 0.29) is 18.5 Å². The smallest absolute Gasteiger partial charge is 0.313 e. The summed E-state index contributed by atoms with van der Waals surface area (Å²) in [5.74, 6) is 0.158. The Labute approximate surface area is 182 Å². The summed E-state index contributed by atoms with van der Waals surface area (Å²) in [6.07, 6.45) is 3.93. The number of pyridine rings is 1. The minimum Gasteiger partial charge on any atom is -0.481 e. The molecule has 0 bridgehead atoms. The highest BCUT2D eigenvalue weighted by atomic mass is 32.2. The molecule has 0 atom stereocenters. The molecule has 0 saturated heterocycles. The van der Waals surface area contributed by atoms with Crippen LogP contribution in [0.4, 0.5) is 5.69 Å². The van der Waals surface area contributed by atoms with Crippen molar-refractivity contribution in [1.29, 1.82) is 0 Å². The highest BCUT2D eigenvalue weighted by molar-refractivity contribution is 8.00. The number of rotatable bonds is 5. The summed E-state index contributed by atoms with van der Waals surface area (Å²) in [6, 6.07) is 10.7. The van der Waals surface area contributed by atoms with Gasteiger partial charge in [-0.15, -0.1) is 11.8 Å². The van der Waals surface area contributed by atoms with Crippen LogP contribution in [0.15, 0.2) is 41.3 Å². The molecule has 1 aliphatic carbocycles. The van der Waals surface area contributed by atoms with E-state index in [0.717, 1.165) is 47.2 Å². The zero-order chi connectivity index (χ0) is 21.4. The number of benzene rings is 2. The van der Waals surface area contributed by atoms with E-state index in [0.29, 0.717) is 28.3 Å². The number of aryl methyl sites for hydroxylation is 1. The Balaban J connectivity index is 1.47. The van der Waals surface area contributed by atoms with Crippen LogP contribution >= 0.6 is 11.8 Å². The van der Waals surface area contributed by atoms with E-state index in [1.807, 2.05) is 6.07 Å². The van der Waals surface area contributed by atoms with E-state index >= 15 is 0 Å². The second-order valence-corrected chi connectivity index (χ2v) is 8.50. The normalized spacial score (nSPS) is 14.3. The average Bonchev–Trinajstić information content (AvgIpc) is 3.24. The summed E-state index contributed by atoms with van der Waals surface area (Å²) in [5, 5.41) is 12.9. The lowest BCUT2D eigenvalue weighted by Gasteiger charge is -2.20. The topological polar surface area (TPSA) is 97.8 Å². The summed E-state index contributed by atoms with van der Waals surface area (Å²) in [4.78, 5) is 29.8. The highest BCUT2D eigenvalue weighted by Crippen LogP contribution is 2.37. The number of aliphatic carboxylic acids is 1. The molecule has 0 spiro atoms. The van der Waals surface area contributed by atoms with E-state index in [2.05, 4.69) is 5.32 Å². The van der Waals surface area contributed by atoms with Crippen molar-refractivity contribution in [2.45, 2.75) is 30.6 Å². The number of ether oxygens (including phenoxy) is 2. The van der Waals surface area contributed by atoms with Gasteiger partial charge in [0.05, 0.1) is 11.3 Å². The Morgan fingerprint density at radius 2 is 1.90 bits per heavy atom. The maximum absolute atomic E-state index is 12.9. The van der Waals surface area contributed by atoms with Crippen molar-refractivity contribution in [3.63, 3.8) is 0 Å². The summed E-state index contributed by atoms with van der Waals surface area (Å²) < 4.78 is 10.7. The average molecular weight is 436 g/mol. The number of carboxylic acids is 1. The summed E-state index contributed by atoms with van der Waals surface area (Å²) >= 11 is 1.34. The first kappa shape index (κ1) is 19.7. The summed E-state index contributed by atoms with van der Waals surface area (Å²) in [5.41, 5.74) is 3.99. The van der Waals surface area contributed by atoms with E-state index in [9.17, 15) is 9.59 Å². The molecule has 0 saturated carbocycles. The van der Waals surface area contributed by atoms with E-state index in [1.54, 1.807) is 30.3 Å². The van der Waals surface area contributed by atoms with Gasteiger partial charge in [-0.25, -0.2) is 0 Å². The summed E-state index contributed by atoms with van der Waals surface area (Å²) in [6.45, 7) is 0.176. The molecular weight excluding hydrogens is 416 g/mol. The largest absolute Gasteiger partial charge is 0.481 e. The van der Waals surface area contributed by atoms with Crippen LogP contribution < -0.4 is 14.8 Å². The Bertz CT molecular complexity index is 1210. The van der Waals surface area contributed by atoms with E-state index < -0.39 is 5.97 Å². The van der Waals surface area contributed by atoms with Gasteiger partial charge >= 0.3 is 5.97 Å². The molecule has 1 aliphatic heterocycles. The van der Waals surface area contributed by atoms with Crippen molar-refractivity contribution >= 4 is 40.2 Å². The van der Waals surface area contributed by atoms with Crippen LogP contribution in [-0.4, -0.2) is 34.5 Å². The van der Waals surface area contributed by atoms with Gasteiger partial charge in [0.25, 0.3) is 5.91 Å². The van der Waals surface area contributed by atoms with Crippen molar-refractivity contribution in [3.8, 4) is 11.5 Å². The molecule has 2 heterocycles. The molecule has 8 heteroatoms. The zero-order valence-corrected chi connectivity index (χ0v) is 17.5. The number of fused-ring (bicyclic) bond motifs is 3. The fourth-order valence-corrected chi connectivity index (χ4v) is 4.99. The van der Waals surface area contributed by atoms with E-state index in [1.165, 1.54) is 11.8 Å². The number of aromatic nitrogens is 1. The molecule has 2 N–H and O–H groups in total. The molecule has 0 radical (unpaired) electrons. The second-order valence-electron chi connectivity index (χ2n) is 7.51. The number of nitrogens with zero attached hydrogens (tertiary/aromatic N) is 1. The number of amides is 1. The van der Waals surface area contributed by atoms with Gasteiger partial charge in [-0.3, -0.25) is 14.6 Å². The Hall–Kier alpha value is -3.26. The third kappa shape index (κ3) is 3.90. The lowest BCUT2D eigenvalue weighted by atomic mass is 9.94. The first-order chi connectivity index (χ1) is 15.1. The van der Waals surface area contributed by atoms with Crippen LogP contribution in [0.1, 0.15) is 34.5 Å². The Kier molecular flexibility index (Phi) is 5.15. The highest BCUT2D eigenvalue weighted by Gasteiger charge is 2.20. The predicted molar refractivity (Wildman–Crippen MR) is 117 cm³/mol. The Morgan fingerprint density at radius 3 is 2.77 bits per heavy atom. The van der Waals surface area contributed by atoms with Gasteiger partial charge in [-0.05, 0) is 55.5 Å². The molecular formula is C23H20N2O5S. The summed E-state index contributed by atoms with van der Waals surface area (Å²) in [7, 11) is 0. The third-order valence-corrected chi connectivity index (χ3v) is 6.59. The monoisotopic (exact) mass is 436 g/mol. The molecule has 0 fully saturated rings. The first-order valence-electron chi connectivity index (χ1n) is 10.1. The van der Waals surface area contributed by atoms with Crippen LogP contribution in [0.25, 0.3) is 10.9 Å². The number of carbonyl (C=O) groups excluding carboxylic acids is 1. The fourth-order valence-electron chi connectivity index (χ4n) is 4.00. The van der Waals surface area contributed by atoms with Crippen molar-refractivity contribution in [3.05, 3.63) is 53.2 Å². The number of hydrogen-bond donors (Lipinski definition) is 2. The van der Waals surface area contributed by atoms with Crippen LogP contribution in [-0.2, 0) is 17.6 Å². The number of carbonyl (C=O) groups is 2. The number of thioether (sulfide) groups is 1. The molecule has 7 nitrogen and oxygen atoms in total. The standard InChI is InChI=1S/C23H20N2O5S/c26-21(27)11-31-22-15-3-1-2-4-17(15)25-18-9-13(5-7-16(18)22)23(28)24-14-6-8-19-20(10-14)30-12-29-19/h5-10H,1-4,11-12H2,(H,24,28)(H,26,27). The van der Waals surface area contributed by atoms with Crippen molar-refractivity contribution in [1.82, 2.24) is 4.98 Å². The quantitative estimate of drug-likeness (QED) is 0.577. The molecule has 3 aromatic rings. The number of anilines is 1. The third-order valence-electron chi connectivity index (χ3n) is 5.44. The molecule has 5 rings (SSSR count). The fraction of sp³-hybridized carbons (Fsp3) is 0.261. The minimum atomic E-state index is -0.848. The lowest BCUT2D eigenvalue weighted by Crippen LogP contribution is -2.13.